The Morgan fingerprint density at radius 1 is 1.15 bits per heavy atom. The molecule has 0 spiro atoms. The summed E-state index contributed by atoms with van der Waals surface area (Å²) in [6, 6.07) is 10.3. The van der Waals surface area contributed by atoms with Gasteiger partial charge in [-0.05, 0) is 36.4 Å². The molecule has 0 radical (unpaired) electrons. The fourth-order valence-electron chi connectivity index (χ4n) is 1.96. The van der Waals surface area contributed by atoms with E-state index in [-0.39, 0.29) is 12.2 Å². The van der Waals surface area contributed by atoms with Crippen LogP contribution in [0.15, 0.2) is 42.6 Å². The highest BCUT2D eigenvalue weighted by molar-refractivity contribution is 5.70. The lowest BCUT2D eigenvalue weighted by molar-refractivity contribution is -0.136. The summed E-state index contributed by atoms with van der Waals surface area (Å²) in [5, 5.41) is 22.4. The number of phenolic OH excluding ortho intramolecular Hbond substituents is 1. The van der Waals surface area contributed by atoms with Crippen molar-refractivity contribution in [2.45, 2.75) is 6.42 Å². The molecule has 2 aromatic heterocycles. The Morgan fingerprint density at radius 2 is 1.90 bits per heavy atom. The summed E-state index contributed by atoms with van der Waals surface area (Å²) >= 11 is 0. The van der Waals surface area contributed by atoms with Gasteiger partial charge in [-0.3, -0.25) is 4.79 Å². The molecule has 2 N–H and O–H groups in total. The Kier molecular flexibility index (Phi) is 2.83. The standard InChI is InChI=1S/C14H11N3O3/c18-11-3-1-9(2-4-11)12-5-6-13-15-10(7-14(19)20)8-17(13)16-12/h1-6,8,18H,7H2,(H,19,20). The number of carbonyl (C=O) groups is 1. The molecule has 0 aliphatic heterocycles. The molecular formula is C14H11N3O3. The van der Waals surface area contributed by atoms with Gasteiger partial charge in [0.05, 0.1) is 24.0 Å². The van der Waals surface area contributed by atoms with Crippen molar-refractivity contribution in [2.24, 2.45) is 0 Å². The van der Waals surface area contributed by atoms with Gasteiger partial charge in [-0.15, -0.1) is 0 Å². The van der Waals surface area contributed by atoms with Crippen LogP contribution in [0.25, 0.3) is 16.9 Å². The van der Waals surface area contributed by atoms with Gasteiger partial charge in [-0.2, -0.15) is 5.10 Å². The second-order valence-corrected chi connectivity index (χ2v) is 4.37. The van der Waals surface area contributed by atoms with E-state index in [0.29, 0.717) is 11.3 Å². The van der Waals surface area contributed by atoms with E-state index in [4.69, 9.17) is 5.11 Å². The molecule has 6 heteroatoms. The zero-order valence-electron chi connectivity index (χ0n) is 10.4. The van der Waals surface area contributed by atoms with Crippen LogP contribution in [0.1, 0.15) is 5.69 Å². The Hall–Kier alpha value is -2.89. The maximum atomic E-state index is 10.7. The second-order valence-electron chi connectivity index (χ2n) is 4.37. The third-order valence-electron chi connectivity index (χ3n) is 2.87. The quantitative estimate of drug-likeness (QED) is 0.756. The Bertz CT molecular complexity index is 778. The van der Waals surface area contributed by atoms with E-state index >= 15 is 0 Å². The van der Waals surface area contributed by atoms with Gasteiger partial charge < -0.3 is 10.2 Å². The zero-order chi connectivity index (χ0) is 14.1. The Labute approximate surface area is 113 Å². The highest BCUT2D eigenvalue weighted by Crippen LogP contribution is 2.20. The molecule has 3 rings (SSSR count). The highest BCUT2D eigenvalue weighted by Gasteiger charge is 2.08. The third-order valence-corrected chi connectivity index (χ3v) is 2.87. The summed E-state index contributed by atoms with van der Waals surface area (Å²) < 4.78 is 1.56. The minimum Gasteiger partial charge on any atom is -0.508 e. The van der Waals surface area contributed by atoms with Crippen molar-refractivity contribution in [1.82, 2.24) is 14.6 Å². The summed E-state index contributed by atoms with van der Waals surface area (Å²) in [5.74, 6) is -0.728. The van der Waals surface area contributed by atoms with E-state index in [1.54, 1.807) is 47.1 Å². The number of rotatable bonds is 3. The normalized spacial score (nSPS) is 10.8. The SMILES string of the molecule is O=C(O)Cc1cn2nc(-c3ccc(O)cc3)ccc2n1. The number of aromatic nitrogens is 3. The number of carboxylic acid groups (broad SMARTS) is 1. The van der Waals surface area contributed by atoms with E-state index in [1.807, 2.05) is 0 Å². The molecule has 6 nitrogen and oxygen atoms in total. The molecule has 3 aromatic rings. The fourth-order valence-corrected chi connectivity index (χ4v) is 1.96. The van der Waals surface area contributed by atoms with Gasteiger partial charge in [0, 0.05) is 5.56 Å². The zero-order valence-corrected chi connectivity index (χ0v) is 10.4. The van der Waals surface area contributed by atoms with Crippen molar-refractivity contribution in [3.8, 4) is 17.0 Å². The molecule has 0 aliphatic rings. The lowest BCUT2D eigenvalue weighted by atomic mass is 10.1. The predicted molar refractivity (Wildman–Crippen MR) is 71.4 cm³/mol. The van der Waals surface area contributed by atoms with Crippen molar-refractivity contribution in [3.05, 3.63) is 48.3 Å². The number of hydrogen-bond acceptors (Lipinski definition) is 4. The molecule has 20 heavy (non-hydrogen) atoms. The molecule has 0 aliphatic carbocycles. The number of benzene rings is 1. The van der Waals surface area contributed by atoms with E-state index in [2.05, 4.69) is 10.1 Å². The first kappa shape index (κ1) is 12.2. The number of phenols is 1. The van der Waals surface area contributed by atoms with Crippen LogP contribution in [0.4, 0.5) is 0 Å². The first-order valence-corrected chi connectivity index (χ1v) is 5.98. The largest absolute Gasteiger partial charge is 0.508 e. The predicted octanol–water partition coefficient (Wildman–Crippen LogP) is 1.73. The van der Waals surface area contributed by atoms with Gasteiger partial charge >= 0.3 is 5.97 Å². The van der Waals surface area contributed by atoms with Crippen LogP contribution in [0, 0.1) is 0 Å². The van der Waals surface area contributed by atoms with Gasteiger partial charge in [0.2, 0.25) is 0 Å². The van der Waals surface area contributed by atoms with Crippen molar-refractivity contribution in [2.75, 3.05) is 0 Å². The molecule has 0 amide bonds. The maximum Gasteiger partial charge on any atom is 0.309 e. The summed E-state index contributed by atoms with van der Waals surface area (Å²) in [4.78, 5) is 14.9. The minimum absolute atomic E-state index is 0.127. The van der Waals surface area contributed by atoms with Crippen LogP contribution in [0.2, 0.25) is 0 Å². The Morgan fingerprint density at radius 3 is 2.60 bits per heavy atom. The molecule has 0 bridgehead atoms. The van der Waals surface area contributed by atoms with Gasteiger partial charge in [-0.25, -0.2) is 9.50 Å². The molecule has 1 aromatic carbocycles. The Balaban J connectivity index is 2.01. The van der Waals surface area contributed by atoms with E-state index in [9.17, 15) is 9.90 Å². The van der Waals surface area contributed by atoms with E-state index in [1.165, 1.54) is 0 Å². The van der Waals surface area contributed by atoms with Crippen molar-refractivity contribution in [1.29, 1.82) is 0 Å². The molecule has 0 unspecified atom stereocenters. The summed E-state index contributed by atoms with van der Waals surface area (Å²) in [5.41, 5.74) is 2.64. The van der Waals surface area contributed by atoms with Crippen LogP contribution < -0.4 is 0 Å². The van der Waals surface area contributed by atoms with Crippen molar-refractivity contribution < 1.29 is 15.0 Å². The van der Waals surface area contributed by atoms with Crippen LogP contribution in [-0.2, 0) is 11.2 Å². The summed E-state index contributed by atoms with van der Waals surface area (Å²) in [7, 11) is 0. The first-order valence-electron chi connectivity index (χ1n) is 5.98. The maximum absolute atomic E-state index is 10.7. The van der Waals surface area contributed by atoms with Crippen LogP contribution in [0.3, 0.4) is 0 Å². The van der Waals surface area contributed by atoms with E-state index in [0.717, 1.165) is 11.3 Å². The number of imidazole rings is 1. The summed E-state index contributed by atoms with van der Waals surface area (Å²) in [6.45, 7) is 0. The number of carboxylic acids is 1. The topological polar surface area (TPSA) is 87.7 Å². The van der Waals surface area contributed by atoms with Crippen molar-refractivity contribution >= 4 is 11.6 Å². The molecule has 0 atom stereocenters. The van der Waals surface area contributed by atoms with Crippen LogP contribution in [0.5, 0.6) is 5.75 Å². The molecule has 100 valence electrons. The minimum atomic E-state index is -0.924. The molecule has 0 fully saturated rings. The average molecular weight is 269 g/mol. The number of aliphatic carboxylic acids is 1. The van der Waals surface area contributed by atoms with Gasteiger partial charge in [0.15, 0.2) is 5.65 Å². The lowest BCUT2D eigenvalue weighted by Gasteiger charge is -2.01. The number of nitrogens with zero attached hydrogens (tertiary/aromatic N) is 3. The number of hydrogen-bond donors (Lipinski definition) is 2. The van der Waals surface area contributed by atoms with Gasteiger partial charge in [0.1, 0.15) is 5.75 Å². The fraction of sp³-hybridized carbons (Fsp3) is 0.0714. The molecule has 0 saturated heterocycles. The monoisotopic (exact) mass is 269 g/mol. The summed E-state index contributed by atoms with van der Waals surface area (Å²) in [6.07, 6.45) is 1.48. The molecule has 2 heterocycles. The van der Waals surface area contributed by atoms with Crippen molar-refractivity contribution in [3.63, 3.8) is 0 Å². The number of fused-ring (bicyclic) bond motifs is 1. The number of aromatic hydroxyl groups is 1. The average Bonchev–Trinajstić information content (AvgIpc) is 2.79. The second kappa shape index (κ2) is 4.65. The molecular weight excluding hydrogens is 258 g/mol. The van der Waals surface area contributed by atoms with E-state index < -0.39 is 5.97 Å². The smallest absolute Gasteiger partial charge is 0.309 e. The highest BCUT2D eigenvalue weighted by atomic mass is 16.4. The first-order chi connectivity index (χ1) is 9.61. The third kappa shape index (κ3) is 2.31. The molecule has 0 saturated carbocycles. The van der Waals surface area contributed by atoms with Crippen LogP contribution in [-0.4, -0.2) is 30.8 Å². The lowest BCUT2D eigenvalue weighted by Crippen LogP contribution is -1.99. The van der Waals surface area contributed by atoms with Gasteiger partial charge in [0.25, 0.3) is 0 Å². The van der Waals surface area contributed by atoms with Gasteiger partial charge in [-0.1, -0.05) is 0 Å². The van der Waals surface area contributed by atoms with Crippen LogP contribution >= 0.6 is 0 Å².